The van der Waals surface area contributed by atoms with E-state index in [-0.39, 0.29) is 24.7 Å². The smallest absolute Gasteiger partial charge is 0.232 e. The number of carbonyl (C=O) groups is 2. The van der Waals surface area contributed by atoms with Crippen LogP contribution in [0.3, 0.4) is 0 Å². The van der Waals surface area contributed by atoms with E-state index in [2.05, 4.69) is 5.32 Å². The van der Waals surface area contributed by atoms with Gasteiger partial charge in [-0.05, 0) is 50.2 Å². The monoisotopic (exact) mass is 374 g/mol. The van der Waals surface area contributed by atoms with Gasteiger partial charge in [-0.2, -0.15) is 0 Å². The van der Waals surface area contributed by atoms with Crippen molar-refractivity contribution in [1.82, 2.24) is 0 Å². The highest BCUT2D eigenvalue weighted by molar-refractivity contribution is 7.92. The van der Waals surface area contributed by atoms with Crippen molar-refractivity contribution in [3.8, 4) is 0 Å². The van der Waals surface area contributed by atoms with Gasteiger partial charge >= 0.3 is 0 Å². The van der Waals surface area contributed by atoms with Gasteiger partial charge in [0.25, 0.3) is 0 Å². The van der Waals surface area contributed by atoms with Crippen molar-refractivity contribution in [3.63, 3.8) is 0 Å². The average molecular weight is 374 g/mol. The first kappa shape index (κ1) is 19.7. The van der Waals surface area contributed by atoms with Crippen LogP contribution in [0.1, 0.15) is 29.3 Å². The second-order valence-electron chi connectivity index (χ2n) is 6.10. The maximum atomic E-state index is 12.1. The molecular weight excluding hydrogens is 352 g/mol. The summed E-state index contributed by atoms with van der Waals surface area (Å²) in [4.78, 5) is 23.5. The fraction of sp³-hybridized carbons (Fsp3) is 0.263. The average Bonchev–Trinajstić information content (AvgIpc) is 2.56. The van der Waals surface area contributed by atoms with Crippen LogP contribution in [-0.2, 0) is 14.8 Å². The van der Waals surface area contributed by atoms with Crippen molar-refractivity contribution in [2.75, 3.05) is 22.4 Å². The van der Waals surface area contributed by atoms with Gasteiger partial charge in [-0.3, -0.25) is 13.9 Å². The van der Waals surface area contributed by atoms with Crippen molar-refractivity contribution >= 4 is 33.1 Å². The molecule has 0 aliphatic rings. The van der Waals surface area contributed by atoms with Gasteiger partial charge in [-0.1, -0.05) is 17.7 Å². The highest BCUT2D eigenvalue weighted by Gasteiger charge is 2.19. The van der Waals surface area contributed by atoms with Crippen molar-refractivity contribution in [2.45, 2.75) is 20.3 Å². The van der Waals surface area contributed by atoms with Gasteiger partial charge in [-0.25, -0.2) is 8.42 Å². The molecule has 0 aliphatic carbocycles. The van der Waals surface area contributed by atoms with Crippen molar-refractivity contribution in [1.29, 1.82) is 0 Å². The first-order valence-electron chi connectivity index (χ1n) is 8.12. The Morgan fingerprint density at radius 1 is 1.00 bits per heavy atom. The summed E-state index contributed by atoms with van der Waals surface area (Å²) in [5.74, 6) is -0.372. The van der Waals surface area contributed by atoms with Crippen LogP contribution in [0.4, 0.5) is 11.4 Å². The van der Waals surface area contributed by atoms with Gasteiger partial charge < -0.3 is 5.32 Å². The number of benzene rings is 2. The lowest BCUT2D eigenvalue weighted by atomic mass is 10.1. The summed E-state index contributed by atoms with van der Waals surface area (Å²) in [5.41, 5.74) is 2.66. The van der Waals surface area contributed by atoms with Crippen LogP contribution in [0, 0.1) is 6.92 Å². The molecule has 26 heavy (non-hydrogen) atoms. The van der Waals surface area contributed by atoms with E-state index in [4.69, 9.17) is 0 Å². The lowest BCUT2D eigenvalue weighted by Crippen LogP contribution is -2.33. The number of aryl methyl sites for hydroxylation is 1. The Bertz CT molecular complexity index is 888. The number of amides is 1. The zero-order valence-electron chi connectivity index (χ0n) is 15.0. The van der Waals surface area contributed by atoms with Crippen molar-refractivity contribution in [3.05, 3.63) is 59.7 Å². The van der Waals surface area contributed by atoms with Crippen LogP contribution < -0.4 is 9.62 Å². The number of hydrogen-bond acceptors (Lipinski definition) is 4. The minimum absolute atomic E-state index is 0.00933. The van der Waals surface area contributed by atoms with E-state index in [1.54, 1.807) is 36.4 Å². The molecule has 2 aromatic rings. The topological polar surface area (TPSA) is 83.6 Å². The predicted octanol–water partition coefficient (Wildman–Crippen LogP) is 2.99. The molecule has 0 aliphatic heterocycles. The molecule has 2 rings (SSSR count). The zero-order valence-corrected chi connectivity index (χ0v) is 15.8. The fourth-order valence-corrected chi connectivity index (χ4v) is 3.34. The molecule has 2 aromatic carbocycles. The third kappa shape index (κ3) is 5.42. The highest BCUT2D eigenvalue weighted by atomic mass is 32.2. The molecule has 0 saturated heterocycles. The SMILES string of the molecule is CC(=O)c1ccc(N(CCC(=O)Nc2ccc(C)cc2)S(C)(=O)=O)cc1. The van der Waals surface area contributed by atoms with E-state index in [1.165, 1.54) is 6.92 Å². The van der Waals surface area contributed by atoms with Crippen LogP contribution in [0.15, 0.2) is 48.5 Å². The Balaban J connectivity index is 2.07. The predicted molar refractivity (Wildman–Crippen MR) is 103 cm³/mol. The first-order chi connectivity index (χ1) is 12.2. The van der Waals surface area contributed by atoms with Crippen LogP contribution in [0.25, 0.3) is 0 Å². The molecule has 7 heteroatoms. The summed E-state index contributed by atoms with van der Waals surface area (Å²) in [6.45, 7) is 3.40. The van der Waals surface area contributed by atoms with Crippen molar-refractivity contribution < 1.29 is 18.0 Å². The standard InChI is InChI=1S/C19H22N2O4S/c1-14-4-8-17(9-5-14)20-19(23)12-13-21(26(3,24)25)18-10-6-16(7-11-18)15(2)22/h4-11H,12-13H2,1-3H3,(H,20,23). The van der Waals surface area contributed by atoms with E-state index in [9.17, 15) is 18.0 Å². The zero-order chi connectivity index (χ0) is 19.3. The largest absolute Gasteiger partial charge is 0.326 e. The Labute approximate surface area is 153 Å². The summed E-state index contributed by atoms with van der Waals surface area (Å²) in [7, 11) is -3.56. The Hall–Kier alpha value is -2.67. The molecule has 0 heterocycles. The van der Waals surface area contributed by atoms with Gasteiger partial charge in [0.1, 0.15) is 0 Å². The van der Waals surface area contributed by atoms with Crippen molar-refractivity contribution in [2.24, 2.45) is 0 Å². The number of ketones is 1. The second kappa shape index (κ2) is 8.14. The molecule has 0 spiro atoms. The summed E-state index contributed by atoms with van der Waals surface area (Å²) >= 11 is 0. The first-order valence-corrected chi connectivity index (χ1v) is 9.97. The quantitative estimate of drug-likeness (QED) is 0.755. The van der Waals surface area contributed by atoms with E-state index < -0.39 is 10.0 Å². The molecule has 0 radical (unpaired) electrons. The molecule has 138 valence electrons. The highest BCUT2D eigenvalue weighted by Crippen LogP contribution is 2.19. The van der Waals surface area contributed by atoms with E-state index >= 15 is 0 Å². The van der Waals surface area contributed by atoms with Crippen LogP contribution in [0.5, 0.6) is 0 Å². The minimum atomic E-state index is -3.56. The Morgan fingerprint density at radius 2 is 1.58 bits per heavy atom. The van der Waals surface area contributed by atoms with Crippen LogP contribution in [-0.4, -0.2) is 32.9 Å². The Kier molecular flexibility index (Phi) is 6.15. The van der Waals surface area contributed by atoms with Crippen LogP contribution >= 0.6 is 0 Å². The number of nitrogens with zero attached hydrogens (tertiary/aromatic N) is 1. The molecule has 0 aromatic heterocycles. The molecule has 0 bridgehead atoms. The molecule has 0 atom stereocenters. The van der Waals surface area contributed by atoms with E-state index in [0.717, 1.165) is 16.1 Å². The number of sulfonamides is 1. The summed E-state index contributed by atoms with van der Waals surface area (Å²) in [6.07, 6.45) is 1.10. The summed E-state index contributed by atoms with van der Waals surface area (Å²) < 4.78 is 25.3. The maximum absolute atomic E-state index is 12.1. The lowest BCUT2D eigenvalue weighted by molar-refractivity contribution is -0.116. The fourth-order valence-electron chi connectivity index (χ4n) is 2.41. The number of hydrogen-bond donors (Lipinski definition) is 1. The van der Waals surface area contributed by atoms with Gasteiger partial charge in [0.05, 0.1) is 11.9 Å². The number of anilines is 2. The normalized spacial score (nSPS) is 11.0. The molecular formula is C19H22N2O4S. The third-order valence-corrected chi connectivity index (χ3v) is 5.03. The number of Topliss-reactive ketones (excluding diaryl/α,β-unsaturated/α-hetero) is 1. The molecule has 0 saturated carbocycles. The van der Waals surface area contributed by atoms with E-state index in [0.29, 0.717) is 16.9 Å². The molecule has 0 fully saturated rings. The summed E-state index contributed by atoms with van der Waals surface area (Å²) in [5, 5.41) is 2.75. The second-order valence-corrected chi connectivity index (χ2v) is 8.01. The molecule has 0 unspecified atom stereocenters. The molecule has 1 amide bonds. The summed E-state index contributed by atoms with van der Waals surface area (Å²) in [6, 6.07) is 13.6. The van der Waals surface area contributed by atoms with Gasteiger partial charge in [0.2, 0.25) is 15.9 Å². The Morgan fingerprint density at radius 3 is 2.08 bits per heavy atom. The maximum Gasteiger partial charge on any atom is 0.232 e. The third-order valence-electron chi connectivity index (χ3n) is 3.84. The van der Waals surface area contributed by atoms with Crippen LogP contribution in [0.2, 0.25) is 0 Å². The number of nitrogens with one attached hydrogen (secondary N) is 1. The number of carbonyl (C=O) groups excluding carboxylic acids is 2. The van der Waals surface area contributed by atoms with Gasteiger partial charge in [0, 0.05) is 24.2 Å². The molecule has 6 nitrogen and oxygen atoms in total. The lowest BCUT2D eigenvalue weighted by Gasteiger charge is -2.22. The minimum Gasteiger partial charge on any atom is -0.326 e. The molecule has 1 N–H and O–H groups in total. The number of rotatable bonds is 7. The van der Waals surface area contributed by atoms with Gasteiger partial charge in [0.15, 0.2) is 5.78 Å². The van der Waals surface area contributed by atoms with E-state index in [1.807, 2.05) is 19.1 Å². The van der Waals surface area contributed by atoms with Gasteiger partial charge in [-0.15, -0.1) is 0 Å².